The van der Waals surface area contributed by atoms with Gasteiger partial charge in [-0.05, 0) is 62.5 Å². The summed E-state index contributed by atoms with van der Waals surface area (Å²) in [6.07, 6.45) is 5.03. The van der Waals surface area contributed by atoms with Crippen LogP contribution in [0.1, 0.15) is 17.0 Å². The van der Waals surface area contributed by atoms with E-state index in [1.165, 1.54) is 4.31 Å². The molecular weight excluding hydrogens is 472 g/mol. The minimum Gasteiger partial charge on any atom is -0.379 e. The summed E-state index contributed by atoms with van der Waals surface area (Å²) in [7, 11) is -3.58. The predicted octanol–water partition coefficient (Wildman–Crippen LogP) is 2.83. The third-order valence-corrected chi connectivity index (χ3v) is 7.53. The van der Waals surface area contributed by atoms with Gasteiger partial charge in [0.25, 0.3) is 0 Å². The Morgan fingerprint density at radius 1 is 1.18 bits per heavy atom. The van der Waals surface area contributed by atoms with Gasteiger partial charge in [0.05, 0.1) is 36.2 Å². The molecule has 0 amide bonds. The van der Waals surface area contributed by atoms with Gasteiger partial charge in [-0.2, -0.15) is 9.41 Å². The Bertz CT molecular complexity index is 1300. The van der Waals surface area contributed by atoms with Crippen molar-refractivity contribution in [3.63, 3.8) is 0 Å². The van der Waals surface area contributed by atoms with Gasteiger partial charge in [-0.15, -0.1) is 0 Å². The molecule has 0 atom stereocenters. The third-order valence-electron chi connectivity index (χ3n) is 5.44. The minimum atomic E-state index is -3.58. The van der Waals surface area contributed by atoms with Crippen molar-refractivity contribution in [1.82, 2.24) is 19.3 Å². The highest BCUT2D eigenvalue weighted by atomic mass is 32.2. The fourth-order valence-corrected chi connectivity index (χ4v) is 5.41. The molecule has 1 saturated heterocycles. The van der Waals surface area contributed by atoms with Crippen LogP contribution in [0.25, 0.3) is 5.69 Å². The maximum absolute atomic E-state index is 13.1. The van der Waals surface area contributed by atoms with Crippen molar-refractivity contribution >= 4 is 39.3 Å². The van der Waals surface area contributed by atoms with Crippen molar-refractivity contribution in [3.8, 4) is 5.69 Å². The lowest BCUT2D eigenvalue weighted by Crippen LogP contribution is -2.40. The van der Waals surface area contributed by atoms with Crippen LogP contribution < -0.4 is 10.7 Å². The summed E-state index contributed by atoms with van der Waals surface area (Å²) in [6.45, 7) is 5.47. The maximum Gasteiger partial charge on any atom is 0.243 e. The van der Waals surface area contributed by atoms with Gasteiger partial charge in [-0.25, -0.2) is 8.42 Å². The number of rotatable bonds is 6. The van der Waals surface area contributed by atoms with Crippen LogP contribution in [0.15, 0.2) is 64.9 Å². The number of nitrogens with zero attached hydrogens (tertiary/aromatic N) is 4. The molecule has 0 unspecified atom stereocenters. The summed E-state index contributed by atoms with van der Waals surface area (Å²) in [6, 6.07) is 12.6. The van der Waals surface area contributed by atoms with Crippen LogP contribution in [-0.4, -0.2) is 59.9 Å². The van der Waals surface area contributed by atoms with E-state index in [1.54, 1.807) is 36.8 Å². The zero-order valence-corrected chi connectivity index (χ0v) is 20.6. The molecule has 34 heavy (non-hydrogen) atoms. The first-order chi connectivity index (χ1) is 16.4. The summed E-state index contributed by atoms with van der Waals surface area (Å²) in [5.74, 6) is 0. The van der Waals surface area contributed by atoms with Crippen LogP contribution in [0.4, 0.5) is 5.69 Å². The lowest BCUT2D eigenvalue weighted by atomic mass is 10.2. The fraction of sp³-hybridized carbons (Fsp3) is 0.261. The van der Waals surface area contributed by atoms with Crippen LogP contribution in [0.5, 0.6) is 0 Å². The molecule has 11 heteroatoms. The molecule has 0 spiro atoms. The summed E-state index contributed by atoms with van der Waals surface area (Å²) in [5, 5.41) is 7.59. The molecule has 1 aliphatic heterocycles. The van der Waals surface area contributed by atoms with Crippen LogP contribution in [-0.2, 0) is 14.8 Å². The van der Waals surface area contributed by atoms with Crippen LogP contribution in [0.3, 0.4) is 0 Å². The normalized spacial score (nSPS) is 14.9. The van der Waals surface area contributed by atoms with E-state index in [0.29, 0.717) is 31.4 Å². The summed E-state index contributed by atoms with van der Waals surface area (Å²) in [4.78, 5) is 4.30. The Labute approximate surface area is 204 Å². The topological polar surface area (TPSA) is 101 Å². The second kappa shape index (κ2) is 10.4. The quantitative estimate of drug-likeness (QED) is 0.306. The van der Waals surface area contributed by atoms with E-state index in [1.807, 2.05) is 42.7 Å². The molecule has 1 aliphatic rings. The first-order valence-electron chi connectivity index (χ1n) is 10.7. The number of aryl methyl sites for hydroxylation is 1. The highest BCUT2D eigenvalue weighted by Crippen LogP contribution is 2.24. The van der Waals surface area contributed by atoms with Crippen molar-refractivity contribution in [3.05, 3.63) is 71.8 Å². The first kappa shape index (κ1) is 24.0. The van der Waals surface area contributed by atoms with Crippen molar-refractivity contribution in [2.75, 3.05) is 31.6 Å². The Balaban J connectivity index is 1.52. The van der Waals surface area contributed by atoms with Crippen LogP contribution >= 0.6 is 12.2 Å². The Hall–Kier alpha value is -3.12. The summed E-state index contributed by atoms with van der Waals surface area (Å²) >= 11 is 5.26. The zero-order valence-electron chi connectivity index (χ0n) is 18.9. The molecule has 3 aromatic rings. The summed E-state index contributed by atoms with van der Waals surface area (Å²) in [5.41, 5.74) is 7.10. The van der Waals surface area contributed by atoms with Gasteiger partial charge >= 0.3 is 0 Å². The standard InChI is InChI=1S/C23H26N6O3S2/c1-17-13-19(15-25-27-23(33)26-20-5-4-8-24-16-20)18(2)29(17)21-6-3-7-22(14-21)34(30,31)28-9-11-32-12-10-28/h3-8,13-16H,9-12H2,1-2H3,(H2,26,27,33). The lowest BCUT2D eigenvalue weighted by Gasteiger charge is -2.26. The van der Waals surface area contributed by atoms with Crippen LogP contribution in [0.2, 0.25) is 0 Å². The molecule has 178 valence electrons. The van der Waals surface area contributed by atoms with E-state index in [2.05, 4.69) is 20.8 Å². The van der Waals surface area contributed by atoms with Gasteiger partial charge in [0.1, 0.15) is 0 Å². The van der Waals surface area contributed by atoms with Gasteiger partial charge in [0.15, 0.2) is 5.11 Å². The molecule has 0 bridgehead atoms. The number of morpholine rings is 1. The van der Waals surface area contributed by atoms with Crippen molar-refractivity contribution < 1.29 is 13.2 Å². The number of benzene rings is 1. The van der Waals surface area contributed by atoms with E-state index in [0.717, 1.165) is 28.3 Å². The smallest absolute Gasteiger partial charge is 0.243 e. The average molecular weight is 499 g/mol. The molecule has 1 fully saturated rings. The van der Waals surface area contributed by atoms with E-state index >= 15 is 0 Å². The number of hydrogen-bond donors (Lipinski definition) is 2. The largest absolute Gasteiger partial charge is 0.379 e. The molecular formula is C23H26N6O3S2. The number of hydrogen-bond acceptors (Lipinski definition) is 6. The maximum atomic E-state index is 13.1. The first-order valence-corrected chi connectivity index (χ1v) is 12.6. The van der Waals surface area contributed by atoms with E-state index < -0.39 is 10.0 Å². The Morgan fingerprint density at radius 3 is 2.71 bits per heavy atom. The number of thiocarbonyl (C=S) groups is 1. The lowest BCUT2D eigenvalue weighted by molar-refractivity contribution is 0.0730. The SMILES string of the molecule is Cc1cc(C=NNC(=S)Nc2cccnc2)c(C)n1-c1cccc(S(=O)(=O)N2CCOCC2)c1. The number of sulfonamides is 1. The van der Waals surface area contributed by atoms with Crippen molar-refractivity contribution in [1.29, 1.82) is 0 Å². The summed E-state index contributed by atoms with van der Waals surface area (Å²) < 4.78 is 35.0. The monoisotopic (exact) mass is 498 g/mol. The Morgan fingerprint density at radius 2 is 1.97 bits per heavy atom. The predicted molar refractivity (Wildman–Crippen MR) is 136 cm³/mol. The number of hydrazone groups is 1. The van der Waals surface area contributed by atoms with Gasteiger partial charge in [0, 0.05) is 41.9 Å². The molecule has 9 nitrogen and oxygen atoms in total. The number of nitrogens with one attached hydrogen (secondary N) is 2. The van der Waals surface area contributed by atoms with Gasteiger partial charge in [0.2, 0.25) is 10.0 Å². The molecule has 1 aromatic carbocycles. The molecule has 2 aromatic heterocycles. The van der Waals surface area contributed by atoms with E-state index in [9.17, 15) is 8.42 Å². The van der Waals surface area contributed by atoms with Crippen molar-refractivity contribution in [2.24, 2.45) is 5.10 Å². The average Bonchev–Trinajstić information content (AvgIpc) is 3.13. The minimum absolute atomic E-state index is 0.267. The second-order valence-electron chi connectivity index (χ2n) is 7.74. The number of anilines is 1. The number of ether oxygens (including phenoxy) is 1. The molecule has 4 rings (SSSR count). The van der Waals surface area contributed by atoms with Gasteiger partial charge < -0.3 is 14.6 Å². The fourth-order valence-electron chi connectivity index (χ4n) is 3.79. The van der Waals surface area contributed by atoms with Crippen LogP contribution in [0, 0.1) is 13.8 Å². The van der Waals surface area contributed by atoms with E-state index in [4.69, 9.17) is 17.0 Å². The van der Waals surface area contributed by atoms with Gasteiger partial charge in [-0.3, -0.25) is 10.4 Å². The number of pyridine rings is 1. The number of aromatic nitrogens is 2. The third kappa shape index (κ3) is 5.33. The van der Waals surface area contributed by atoms with Gasteiger partial charge in [-0.1, -0.05) is 6.07 Å². The molecule has 0 radical (unpaired) electrons. The highest BCUT2D eigenvalue weighted by Gasteiger charge is 2.26. The molecule has 0 aliphatic carbocycles. The Kier molecular flexibility index (Phi) is 7.37. The molecule has 0 saturated carbocycles. The highest BCUT2D eigenvalue weighted by molar-refractivity contribution is 7.89. The van der Waals surface area contributed by atoms with E-state index in [-0.39, 0.29) is 4.90 Å². The second-order valence-corrected chi connectivity index (χ2v) is 10.1. The van der Waals surface area contributed by atoms with Crippen molar-refractivity contribution in [2.45, 2.75) is 18.7 Å². The molecule has 3 heterocycles. The zero-order chi connectivity index (χ0) is 24.1. The molecule has 2 N–H and O–H groups in total.